The van der Waals surface area contributed by atoms with Gasteiger partial charge in [0.2, 0.25) is 0 Å². The van der Waals surface area contributed by atoms with Crippen molar-refractivity contribution >= 4 is 22.0 Å². The predicted molar refractivity (Wildman–Crippen MR) is 48.3 cm³/mol. The van der Waals surface area contributed by atoms with Crippen LogP contribution in [0.2, 0.25) is 0 Å². The van der Waals surface area contributed by atoms with Crippen LogP contribution in [0, 0.1) is 0 Å². The molecule has 0 spiro atoms. The fourth-order valence-electron chi connectivity index (χ4n) is 0.802. The van der Waals surface area contributed by atoms with Crippen LogP contribution in [0.4, 0.5) is 4.79 Å². The summed E-state index contributed by atoms with van der Waals surface area (Å²) in [5, 5.41) is 9.42. The largest absolute Gasteiger partial charge is 0.465 e. The highest BCUT2D eigenvalue weighted by Gasteiger charge is 2.24. The normalized spacial score (nSPS) is 11.3. The lowest BCUT2D eigenvalue weighted by Gasteiger charge is -2.32. The van der Waals surface area contributed by atoms with Gasteiger partial charge in [0.15, 0.2) is 0 Å². The van der Waals surface area contributed by atoms with Crippen LogP contribution in [0.25, 0.3) is 0 Å². The number of hydrogen-bond donors (Lipinski definition) is 1. The number of carboxylic acid groups (broad SMARTS) is 1. The molecule has 0 radical (unpaired) electrons. The second-order valence-electron chi connectivity index (χ2n) is 3.29. The van der Waals surface area contributed by atoms with E-state index in [9.17, 15) is 4.79 Å². The number of amides is 1. The zero-order chi connectivity index (χ0) is 9.07. The van der Waals surface area contributed by atoms with Crippen LogP contribution in [0.5, 0.6) is 0 Å². The highest BCUT2D eigenvalue weighted by Crippen LogP contribution is 2.12. The first-order valence-corrected chi connectivity index (χ1v) is 4.58. The number of rotatable bonds is 2. The summed E-state index contributed by atoms with van der Waals surface area (Å²) < 4.78 is 0. The molecule has 0 rings (SSSR count). The zero-order valence-electron chi connectivity index (χ0n) is 7.09. The van der Waals surface area contributed by atoms with Crippen molar-refractivity contribution in [2.45, 2.75) is 26.3 Å². The Balaban J connectivity index is 4.22. The summed E-state index contributed by atoms with van der Waals surface area (Å²) in [7, 11) is 0. The first kappa shape index (κ1) is 10.8. The van der Waals surface area contributed by atoms with E-state index in [4.69, 9.17) is 5.11 Å². The SMILES string of the molecule is CC(C)(C)N(CCBr)C(=O)O. The lowest BCUT2D eigenvalue weighted by molar-refractivity contribution is 0.105. The molecule has 0 fully saturated rings. The van der Waals surface area contributed by atoms with Crippen molar-refractivity contribution in [1.82, 2.24) is 4.90 Å². The van der Waals surface area contributed by atoms with Gasteiger partial charge in [-0.2, -0.15) is 0 Å². The van der Waals surface area contributed by atoms with Crippen LogP contribution in [-0.4, -0.2) is 33.5 Å². The first-order chi connectivity index (χ1) is 4.89. The molecular formula is C7H14BrNO2. The number of nitrogens with zero attached hydrogens (tertiary/aromatic N) is 1. The summed E-state index contributed by atoms with van der Waals surface area (Å²) in [6, 6.07) is 0. The van der Waals surface area contributed by atoms with E-state index >= 15 is 0 Å². The molecule has 3 nitrogen and oxygen atoms in total. The van der Waals surface area contributed by atoms with Crippen LogP contribution in [0.1, 0.15) is 20.8 Å². The molecule has 0 aromatic carbocycles. The third-order valence-corrected chi connectivity index (χ3v) is 1.70. The summed E-state index contributed by atoms with van der Waals surface area (Å²) >= 11 is 3.21. The third-order valence-electron chi connectivity index (χ3n) is 1.35. The third kappa shape index (κ3) is 3.60. The first-order valence-electron chi connectivity index (χ1n) is 3.46. The van der Waals surface area contributed by atoms with Gasteiger partial charge in [0, 0.05) is 17.4 Å². The summed E-state index contributed by atoms with van der Waals surface area (Å²) in [5.41, 5.74) is -0.306. The second-order valence-corrected chi connectivity index (χ2v) is 4.09. The van der Waals surface area contributed by atoms with E-state index in [1.54, 1.807) is 0 Å². The molecule has 0 aliphatic rings. The van der Waals surface area contributed by atoms with Crippen molar-refractivity contribution in [1.29, 1.82) is 0 Å². The van der Waals surface area contributed by atoms with Gasteiger partial charge in [0.25, 0.3) is 0 Å². The monoisotopic (exact) mass is 223 g/mol. The van der Waals surface area contributed by atoms with E-state index in [1.165, 1.54) is 4.90 Å². The Morgan fingerprint density at radius 3 is 2.09 bits per heavy atom. The Bertz CT molecular complexity index is 142. The minimum Gasteiger partial charge on any atom is -0.465 e. The minimum atomic E-state index is -0.864. The average Bonchev–Trinajstić information content (AvgIpc) is 1.79. The molecule has 1 amide bonds. The predicted octanol–water partition coefficient (Wildman–Crippen LogP) is 2.16. The maximum absolute atomic E-state index is 10.6. The molecule has 0 bridgehead atoms. The van der Waals surface area contributed by atoms with Gasteiger partial charge in [-0.15, -0.1) is 0 Å². The number of hydrogen-bond acceptors (Lipinski definition) is 1. The Kier molecular flexibility index (Phi) is 3.86. The maximum atomic E-state index is 10.6. The van der Waals surface area contributed by atoms with Crippen molar-refractivity contribution in [3.8, 4) is 0 Å². The minimum absolute atomic E-state index is 0.306. The molecule has 0 aromatic heterocycles. The van der Waals surface area contributed by atoms with Crippen molar-refractivity contribution < 1.29 is 9.90 Å². The summed E-state index contributed by atoms with van der Waals surface area (Å²) in [5.74, 6) is 0. The lowest BCUT2D eigenvalue weighted by atomic mass is 10.1. The molecule has 4 heteroatoms. The topological polar surface area (TPSA) is 40.5 Å². The van der Waals surface area contributed by atoms with Crippen molar-refractivity contribution in [3.05, 3.63) is 0 Å². The summed E-state index contributed by atoms with van der Waals surface area (Å²) in [6.45, 7) is 6.16. The average molecular weight is 224 g/mol. The van der Waals surface area contributed by atoms with Gasteiger partial charge < -0.3 is 10.0 Å². The Hall–Kier alpha value is -0.250. The van der Waals surface area contributed by atoms with Crippen LogP contribution in [-0.2, 0) is 0 Å². The fourth-order valence-corrected chi connectivity index (χ4v) is 1.16. The molecule has 0 aromatic rings. The van der Waals surface area contributed by atoms with E-state index in [0.717, 1.165) is 0 Å². The van der Waals surface area contributed by atoms with Crippen LogP contribution >= 0.6 is 15.9 Å². The number of alkyl halides is 1. The molecule has 0 aliphatic carbocycles. The number of carbonyl (C=O) groups is 1. The van der Waals surface area contributed by atoms with Gasteiger partial charge in [-0.3, -0.25) is 0 Å². The fraction of sp³-hybridized carbons (Fsp3) is 0.857. The van der Waals surface area contributed by atoms with Gasteiger partial charge in [-0.1, -0.05) is 15.9 Å². The molecule has 0 saturated heterocycles. The van der Waals surface area contributed by atoms with E-state index in [2.05, 4.69) is 15.9 Å². The number of halogens is 1. The summed E-state index contributed by atoms with van der Waals surface area (Å²) in [4.78, 5) is 12.0. The molecule has 11 heavy (non-hydrogen) atoms. The van der Waals surface area contributed by atoms with E-state index in [1.807, 2.05) is 20.8 Å². The lowest BCUT2D eigenvalue weighted by Crippen LogP contribution is -2.45. The Morgan fingerprint density at radius 2 is 2.00 bits per heavy atom. The quantitative estimate of drug-likeness (QED) is 0.730. The molecule has 0 heterocycles. The molecular weight excluding hydrogens is 210 g/mol. The van der Waals surface area contributed by atoms with E-state index in [-0.39, 0.29) is 5.54 Å². The molecule has 0 aliphatic heterocycles. The molecule has 66 valence electrons. The van der Waals surface area contributed by atoms with Gasteiger partial charge >= 0.3 is 6.09 Å². The molecule has 0 saturated carbocycles. The van der Waals surface area contributed by atoms with Gasteiger partial charge in [-0.05, 0) is 20.8 Å². The van der Waals surface area contributed by atoms with Crippen LogP contribution in [0.15, 0.2) is 0 Å². The van der Waals surface area contributed by atoms with Crippen molar-refractivity contribution in [2.24, 2.45) is 0 Å². The van der Waals surface area contributed by atoms with E-state index < -0.39 is 6.09 Å². The van der Waals surface area contributed by atoms with E-state index in [0.29, 0.717) is 11.9 Å². The molecule has 1 N–H and O–H groups in total. The standard InChI is InChI=1S/C7H14BrNO2/c1-7(2,3)9(5-4-8)6(10)11/h4-5H2,1-3H3,(H,10,11). The molecule has 0 atom stereocenters. The smallest absolute Gasteiger partial charge is 0.407 e. The van der Waals surface area contributed by atoms with Gasteiger partial charge in [0.05, 0.1) is 0 Å². The zero-order valence-corrected chi connectivity index (χ0v) is 8.68. The Labute approximate surface area is 75.5 Å². The van der Waals surface area contributed by atoms with Gasteiger partial charge in [0.1, 0.15) is 0 Å². The highest BCUT2D eigenvalue weighted by atomic mass is 79.9. The Morgan fingerprint density at radius 1 is 1.55 bits per heavy atom. The van der Waals surface area contributed by atoms with Crippen LogP contribution < -0.4 is 0 Å². The van der Waals surface area contributed by atoms with Crippen molar-refractivity contribution in [2.75, 3.05) is 11.9 Å². The molecule has 0 unspecified atom stereocenters. The maximum Gasteiger partial charge on any atom is 0.407 e. The highest BCUT2D eigenvalue weighted by molar-refractivity contribution is 9.09. The van der Waals surface area contributed by atoms with Crippen molar-refractivity contribution in [3.63, 3.8) is 0 Å². The van der Waals surface area contributed by atoms with Gasteiger partial charge in [-0.25, -0.2) is 4.79 Å². The second kappa shape index (κ2) is 3.95. The summed E-state index contributed by atoms with van der Waals surface area (Å²) in [6.07, 6.45) is -0.864. The van der Waals surface area contributed by atoms with Crippen LogP contribution in [0.3, 0.4) is 0 Å².